The van der Waals surface area contributed by atoms with Crippen LogP contribution in [0.15, 0.2) is 0 Å². The molecule has 1 fully saturated rings. The first-order valence-electron chi connectivity index (χ1n) is 6.36. The second-order valence-electron chi connectivity index (χ2n) is 4.83. The number of anilines is 2. The van der Waals surface area contributed by atoms with Crippen molar-refractivity contribution < 1.29 is 0 Å². The number of hydrogen-bond acceptors (Lipinski definition) is 6. The third kappa shape index (κ3) is 2.14. The van der Waals surface area contributed by atoms with Crippen LogP contribution in [0.4, 0.5) is 11.8 Å². The number of nitrogens with one attached hydrogen (secondary N) is 1. The van der Waals surface area contributed by atoms with Gasteiger partial charge in [0.05, 0.1) is 5.69 Å². The third-order valence-corrected chi connectivity index (χ3v) is 4.56. The van der Waals surface area contributed by atoms with Crippen molar-refractivity contribution in [2.75, 3.05) is 50.5 Å². The zero-order chi connectivity index (χ0) is 12.5. The van der Waals surface area contributed by atoms with Gasteiger partial charge < -0.3 is 15.1 Å². The predicted molar refractivity (Wildman–Crippen MR) is 76.3 cm³/mol. The summed E-state index contributed by atoms with van der Waals surface area (Å²) >= 11 is 1.92. The molecule has 1 N–H and O–H groups in total. The number of thioether (sulfide) groups is 1. The normalized spacial score (nSPS) is 20.0. The number of likely N-dealkylation sites (N-methyl/N-ethyl adjacent to an activating group) is 1. The second kappa shape index (κ2) is 4.93. The lowest BCUT2D eigenvalue weighted by molar-refractivity contribution is 0.311. The van der Waals surface area contributed by atoms with Gasteiger partial charge in [-0.1, -0.05) is 0 Å². The number of hydrogen-bond donors (Lipinski definition) is 1. The molecule has 0 spiro atoms. The first-order chi connectivity index (χ1) is 8.78. The smallest absolute Gasteiger partial charge is 0.227 e. The summed E-state index contributed by atoms with van der Waals surface area (Å²) in [5.41, 5.74) is 2.51. The Morgan fingerprint density at radius 3 is 2.61 bits per heavy atom. The molecule has 2 aliphatic rings. The minimum Gasteiger partial charge on any atom is -0.373 e. The number of rotatable bonds is 2. The van der Waals surface area contributed by atoms with Crippen LogP contribution >= 0.6 is 11.8 Å². The van der Waals surface area contributed by atoms with Crippen molar-refractivity contribution in [3.63, 3.8) is 0 Å². The maximum absolute atomic E-state index is 4.75. The van der Waals surface area contributed by atoms with Crippen LogP contribution in [0.25, 0.3) is 0 Å². The van der Waals surface area contributed by atoms with Gasteiger partial charge in [0.1, 0.15) is 5.82 Å². The van der Waals surface area contributed by atoms with Crippen molar-refractivity contribution in [1.82, 2.24) is 14.9 Å². The number of piperazine rings is 1. The van der Waals surface area contributed by atoms with Crippen LogP contribution in [-0.4, -0.2) is 55.1 Å². The summed E-state index contributed by atoms with van der Waals surface area (Å²) in [6, 6.07) is 0. The molecule has 1 aromatic rings. The Hall–Kier alpha value is -1.01. The Morgan fingerprint density at radius 2 is 1.89 bits per heavy atom. The van der Waals surface area contributed by atoms with Gasteiger partial charge in [0.15, 0.2) is 0 Å². The van der Waals surface area contributed by atoms with Crippen LogP contribution in [0.2, 0.25) is 0 Å². The van der Waals surface area contributed by atoms with Gasteiger partial charge in [0.2, 0.25) is 5.95 Å². The highest BCUT2D eigenvalue weighted by Crippen LogP contribution is 2.34. The van der Waals surface area contributed by atoms with Crippen molar-refractivity contribution in [3.8, 4) is 0 Å². The second-order valence-corrected chi connectivity index (χ2v) is 5.82. The van der Waals surface area contributed by atoms with Crippen molar-refractivity contribution in [2.24, 2.45) is 0 Å². The average Bonchev–Trinajstić information content (AvgIpc) is 2.86. The zero-order valence-electron chi connectivity index (χ0n) is 10.9. The van der Waals surface area contributed by atoms with E-state index >= 15 is 0 Å². The first-order valence-corrected chi connectivity index (χ1v) is 7.52. The Bertz CT molecular complexity index is 442. The van der Waals surface area contributed by atoms with Gasteiger partial charge in [-0.2, -0.15) is 16.7 Å². The average molecular weight is 265 g/mol. The van der Waals surface area contributed by atoms with Crippen molar-refractivity contribution in [1.29, 1.82) is 0 Å². The van der Waals surface area contributed by atoms with Crippen molar-refractivity contribution in [3.05, 3.63) is 11.3 Å². The van der Waals surface area contributed by atoms with Crippen molar-refractivity contribution in [2.45, 2.75) is 11.5 Å². The van der Waals surface area contributed by atoms with Crippen LogP contribution in [0.5, 0.6) is 0 Å². The molecule has 0 bridgehead atoms. The van der Waals surface area contributed by atoms with E-state index in [-0.39, 0.29) is 0 Å². The molecule has 1 saturated heterocycles. The van der Waals surface area contributed by atoms with E-state index in [0.29, 0.717) is 0 Å². The van der Waals surface area contributed by atoms with Gasteiger partial charge in [-0.3, -0.25) is 0 Å². The molecule has 2 aliphatic heterocycles. The minimum absolute atomic E-state index is 0.897. The maximum Gasteiger partial charge on any atom is 0.227 e. The molecule has 0 aromatic carbocycles. The molecule has 98 valence electrons. The molecule has 3 heterocycles. The van der Waals surface area contributed by atoms with E-state index in [1.807, 2.05) is 18.8 Å². The first kappa shape index (κ1) is 12.0. The molecule has 0 aliphatic carbocycles. The Morgan fingerprint density at radius 1 is 1.11 bits per heavy atom. The van der Waals surface area contributed by atoms with Gasteiger partial charge in [0, 0.05) is 50.3 Å². The SMILES string of the molecule is CNc1nc(N2CCN(C)CC2)nc2c1CSC2. The summed E-state index contributed by atoms with van der Waals surface area (Å²) in [6.07, 6.45) is 0. The van der Waals surface area contributed by atoms with Gasteiger partial charge in [-0.15, -0.1) is 0 Å². The molecule has 6 heteroatoms. The van der Waals surface area contributed by atoms with E-state index in [1.54, 1.807) is 0 Å². The standard InChI is InChI=1S/C12H19N5S/c1-13-11-9-7-18-8-10(9)14-12(15-11)17-5-3-16(2)4-6-17/h3-8H2,1-2H3,(H,13,14,15). The highest BCUT2D eigenvalue weighted by Gasteiger charge is 2.23. The van der Waals surface area contributed by atoms with Gasteiger partial charge in [0.25, 0.3) is 0 Å². The lowest BCUT2D eigenvalue weighted by Gasteiger charge is -2.32. The predicted octanol–water partition coefficient (Wildman–Crippen LogP) is 1.02. The molecule has 0 amide bonds. The van der Waals surface area contributed by atoms with Crippen molar-refractivity contribution >= 4 is 23.5 Å². The summed E-state index contributed by atoms with van der Waals surface area (Å²) in [6.45, 7) is 4.21. The summed E-state index contributed by atoms with van der Waals surface area (Å²) in [5, 5.41) is 3.21. The molecular weight excluding hydrogens is 246 g/mol. The quantitative estimate of drug-likeness (QED) is 0.861. The summed E-state index contributed by atoms with van der Waals surface area (Å²) in [7, 11) is 4.11. The largest absolute Gasteiger partial charge is 0.373 e. The third-order valence-electron chi connectivity index (χ3n) is 3.59. The molecule has 5 nitrogen and oxygen atoms in total. The van der Waals surface area contributed by atoms with E-state index in [4.69, 9.17) is 4.98 Å². The van der Waals surface area contributed by atoms with Crippen LogP contribution in [0, 0.1) is 0 Å². The molecule has 0 saturated carbocycles. The van der Waals surface area contributed by atoms with E-state index in [9.17, 15) is 0 Å². The molecule has 0 unspecified atom stereocenters. The Kier molecular flexibility index (Phi) is 3.30. The Balaban J connectivity index is 1.88. The Labute approximate surface area is 112 Å². The topological polar surface area (TPSA) is 44.3 Å². The van der Waals surface area contributed by atoms with Crippen LogP contribution < -0.4 is 10.2 Å². The molecule has 0 atom stereocenters. The van der Waals surface area contributed by atoms with E-state index in [1.165, 1.54) is 11.3 Å². The van der Waals surface area contributed by atoms with E-state index in [2.05, 4.69) is 27.1 Å². The number of fused-ring (bicyclic) bond motifs is 1. The number of aromatic nitrogens is 2. The zero-order valence-corrected chi connectivity index (χ0v) is 11.8. The maximum atomic E-state index is 4.75. The molecular formula is C12H19N5S. The summed E-state index contributed by atoms with van der Waals surface area (Å²) in [4.78, 5) is 14.1. The molecule has 1 aromatic heterocycles. The molecule has 3 rings (SSSR count). The lowest BCUT2D eigenvalue weighted by Crippen LogP contribution is -2.45. The molecule has 0 radical (unpaired) electrons. The van der Waals surface area contributed by atoms with Crippen LogP contribution in [0.3, 0.4) is 0 Å². The van der Waals surface area contributed by atoms with Crippen LogP contribution in [0.1, 0.15) is 11.3 Å². The monoisotopic (exact) mass is 265 g/mol. The summed E-state index contributed by atoms with van der Waals surface area (Å²) in [5.74, 6) is 3.97. The van der Waals surface area contributed by atoms with Gasteiger partial charge in [-0.25, -0.2) is 4.98 Å². The van der Waals surface area contributed by atoms with E-state index < -0.39 is 0 Å². The lowest BCUT2D eigenvalue weighted by atomic mass is 10.2. The molecule has 18 heavy (non-hydrogen) atoms. The fraction of sp³-hybridized carbons (Fsp3) is 0.667. The van der Waals surface area contributed by atoms with E-state index in [0.717, 1.165) is 49.5 Å². The van der Waals surface area contributed by atoms with Gasteiger partial charge >= 0.3 is 0 Å². The highest BCUT2D eigenvalue weighted by molar-refractivity contribution is 7.98. The minimum atomic E-state index is 0.897. The fourth-order valence-electron chi connectivity index (χ4n) is 2.39. The van der Waals surface area contributed by atoms with Gasteiger partial charge in [-0.05, 0) is 7.05 Å². The highest BCUT2D eigenvalue weighted by atomic mass is 32.2. The number of nitrogens with zero attached hydrogens (tertiary/aromatic N) is 4. The van der Waals surface area contributed by atoms with Crippen LogP contribution in [-0.2, 0) is 11.5 Å². The fourth-order valence-corrected chi connectivity index (χ4v) is 3.43. The summed E-state index contributed by atoms with van der Waals surface area (Å²) < 4.78 is 0.